The minimum absolute atomic E-state index is 0. The van der Waals surface area contributed by atoms with E-state index in [1.54, 1.807) is 7.05 Å². The van der Waals surface area contributed by atoms with Crippen LogP contribution in [0, 0.1) is 0 Å². The van der Waals surface area contributed by atoms with Crippen LogP contribution in [0.1, 0.15) is 38.5 Å². The molecule has 2 fully saturated rings. The fourth-order valence-electron chi connectivity index (χ4n) is 3.33. The lowest BCUT2D eigenvalue weighted by atomic mass is 10.1. The molecular weight excluding hydrogens is 467 g/mol. The second kappa shape index (κ2) is 13.1. The van der Waals surface area contributed by atoms with E-state index in [1.807, 2.05) is 0 Å². The number of ether oxygens (including phenoxy) is 1. The zero-order valence-electron chi connectivity index (χ0n) is 15.9. The summed E-state index contributed by atoms with van der Waals surface area (Å²) >= 11 is 0. The maximum absolute atomic E-state index is 11.4. The first-order chi connectivity index (χ1) is 12.1. The first kappa shape index (κ1) is 23.9. The molecule has 0 radical (unpaired) electrons. The van der Waals surface area contributed by atoms with Gasteiger partial charge in [-0.25, -0.2) is 8.42 Å². The Morgan fingerprint density at radius 2 is 1.69 bits per heavy atom. The Kier molecular flexibility index (Phi) is 12.1. The van der Waals surface area contributed by atoms with E-state index in [2.05, 4.69) is 20.5 Å². The van der Waals surface area contributed by atoms with Gasteiger partial charge in [0.2, 0.25) is 0 Å². The molecule has 2 rings (SSSR count). The predicted octanol–water partition coefficient (Wildman–Crippen LogP) is 1.24. The number of sulfone groups is 1. The number of hydrogen-bond donors (Lipinski definition) is 2. The highest BCUT2D eigenvalue weighted by atomic mass is 127. The van der Waals surface area contributed by atoms with Gasteiger partial charge in [-0.3, -0.25) is 9.89 Å². The van der Waals surface area contributed by atoms with Gasteiger partial charge < -0.3 is 15.4 Å². The predicted molar refractivity (Wildman–Crippen MR) is 117 cm³/mol. The summed E-state index contributed by atoms with van der Waals surface area (Å²) in [6.07, 6.45) is 8.08. The molecule has 26 heavy (non-hydrogen) atoms. The van der Waals surface area contributed by atoms with Gasteiger partial charge in [-0.15, -0.1) is 24.0 Å². The number of nitrogens with one attached hydrogen (secondary N) is 2. The second-order valence-corrected chi connectivity index (χ2v) is 9.21. The summed E-state index contributed by atoms with van der Waals surface area (Å²) in [5, 5.41) is 6.55. The molecule has 0 aromatic carbocycles. The summed E-state index contributed by atoms with van der Waals surface area (Å²) in [5.74, 6) is 1.32. The van der Waals surface area contributed by atoms with Gasteiger partial charge in [0, 0.05) is 39.8 Å². The molecule has 1 aliphatic heterocycles. The minimum Gasteiger partial charge on any atom is -0.376 e. The molecule has 2 N–H and O–H groups in total. The zero-order valence-corrected chi connectivity index (χ0v) is 19.1. The topological polar surface area (TPSA) is 83.0 Å². The van der Waals surface area contributed by atoms with Crippen LogP contribution < -0.4 is 10.6 Å². The molecule has 0 spiro atoms. The number of rotatable bonds is 7. The Morgan fingerprint density at radius 1 is 1.08 bits per heavy atom. The van der Waals surface area contributed by atoms with E-state index in [9.17, 15) is 8.42 Å². The molecule has 1 saturated heterocycles. The maximum Gasteiger partial charge on any atom is 0.191 e. The molecule has 9 heteroatoms. The molecular formula is C17H35IN4O3S. The monoisotopic (exact) mass is 502 g/mol. The summed E-state index contributed by atoms with van der Waals surface area (Å²) in [6.45, 7) is 4.29. The molecule has 1 aliphatic carbocycles. The molecule has 0 aromatic rings. The third-order valence-electron chi connectivity index (χ3n) is 4.93. The highest BCUT2D eigenvalue weighted by molar-refractivity contribution is 14.0. The largest absolute Gasteiger partial charge is 0.376 e. The Labute approximate surface area is 175 Å². The van der Waals surface area contributed by atoms with Crippen molar-refractivity contribution in [1.29, 1.82) is 0 Å². The third-order valence-corrected chi connectivity index (χ3v) is 6.54. The van der Waals surface area contributed by atoms with Crippen LogP contribution >= 0.6 is 24.0 Å². The normalized spacial score (nSPS) is 22.3. The van der Waals surface area contributed by atoms with Crippen LogP contribution in [-0.4, -0.2) is 83.3 Å². The molecule has 1 saturated carbocycles. The average molecular weight is 502 g/mol. The van der Waals surface area contributed by atoms with Crippen LogP contribution in [0.2, 0.25) is 0 Å². The van der Waals surface area contributed by atoms with Crippen LogP contribution in [0.5, 0.6) is 0 Å². The average Bonchev–Trinajstić information content (AvgIpc) is 2.87. The standard InChI is InChI=1S/C17H34N4O3S.HI/c1-18-17(19-8-10-21-11-14-25(22,23)15-12-21)20-9-13-24-16-6-4-2-3-5-7-16;/h16H,2-15H2,1H3,(H2,18,19,20);1H. The van der Waals surface area contributed by atoms with Gasteiger partial charge in [-0.2, -0.15) is 0 Å². The van der Waals surface area contributed by atoms with Gasteiger partial charge in [-0.05, 0) is 12.8 Å². The van der Waals surface area contributed by atoms with Gasteiger partial charge >= 0.3 is 0 Å². The first-order valence-corrected chi connectivity index (χ1v) is 11.4. The molecule has 154 valence electrons. The number of hydrogen-bond acceptors (Lipinski definition) is 5. The molecule has 0 amide bonds. The number of nitrogens with zero attached hydrogens (tertiary/aromatic N) is 2. The highest BCUT2D eigenvalue weighted by Crippen LogP contribution is 2.19. The molecule has 0 atom stereocenters. The summed E-state index contributed by atoms with van der Waals surface area (Å²) < 4.78 is 28.8. The Bertz CT molecular complexity index is 494. The van der Waals surface area contributed by atoms with E-state index in [1.165, 1.54) is 38.5 Å². The van der Waals surface area contributed by atoms with Crippen molar-refractivity contribution in [2.24, 2.45) is 4.99 Å². The van der Waals surface area contributed by atoms with Gasteiger partial charge in [0.1, 0.15) is 0 Å². The van der Waals surface area contributed by atoms with Gasteiger partial charge in [0.15, 0.2) is 15.8 Å². The molecule has 2 aliphatic rings. The third kappa shape index (κ3) is 9.70. The summed E-state index contributed by atoms with van der Waals surface area (Å²) in [5.41, 5.74) is 0. The van der Waals surface area contributed by atoms with Gasteiger partial charge in [0.25, 0.3) is 0 Å². The molecule has 7 nitrogen and oxygen atoms in total. The summed E-state index contributed by atoms with van der Waals surface area (Å²) in [7, 11) is -1.04. The minimum atomic E-state index is -2.80. The lowest BCUT2D eigenvalue weighted by Crippen LogP contribution is -2.46. The Hall–Kier alpha value is -0.130. The van der Waals surface area contributed by atoms with Crippen molar-refractivity contribution >= 4 is 39.8 Å². The SMILES string of the molecule is CN=C(NCCOC1CCCCCC1)NCCN1CCS(=O)(=O)CC1.I. The lowest BCUT2D eigenvalue weighted by molar-refractivity contribution is 0.0468. The van der Waals surface area contributed by atoms with E-state index < -0.39 is 9.84 Å². The van der Waals surface area contributed by atoms with Crippen molar-refractivity contribution in [3.63, 3.8) is 0 Å². The van der Waals surface area contributed by atoms with E-state index in [-0.39, 0.29) is 35.5 Å². The molecule has 0 bridgehead atoms. The smallest absolute Gasteiger partial charge is 0.191 e. The van der Waals surface area contributed by atoms with E-state index >= 15 is 0 Å². The highest BCUT2D eigenvalue weighted by Gasteiger charge is 2.20. The quantitative estimate of drug-likeness (QED) is 0.179. The van der Waals surface area contributed by atoms with Crippen LogP contribution in [0.15, 0.2) is 4.99 Å². The first-order valence-electron chi connectivity index (χ1n) is 9.58. The van der Waals surface area contributed by atoms with Crippen molar-refractivity contribution in [3.05, 3.63) is 0 Å². The number of halogens is 1. The zero-order chi connectivity index (χ0) is 18.0. The van der Waals surface area contributed by atoms with Crippen molar-refractivity contribution in [3.8, 4) is 0 Å². The van der Waals surface area contributed by atoms with Crippen LogP contribution in [-0.2, 0) is 14.6 Å². The lowest BCUT2D eigenvalue weighted by Gasteiger charge is -2.26. The van der Waals surface area contributed by atoms with Crippen molar-refractivity contribution in [2.75, 3.05) is 57.9 Å². The number of aliphatic imine (C=N–C) groups is 1. The Balaban J connectivity index is 0.00000338. The van der Waals surface area contributed by atoms with Crippen LogP contribution in [0.3, 0.4) is 0 Å². The van der Waals surface area contributed by atoms with Crippen LogP contribution in [0.25, 0.3) is 0 Å². The second-order valence-electron chi connectivity index (χ2n) is 6.90. The van der Waals surface area contributed by atoms with Crippen molar-refractivity contribution in [1.82, 2.24) is 15.5 Å². The van der Waals surface area contributed by atoms with Crippen LogP contribution in [0.4, 0.5) is 0 Å². The van der Waals surface area contributed by atoms with E-state index in [0.717, 1.165) is 25.6 Å². The summed E-state index contributed by atoms with van der Waals surface area (Å²) in [6, 6.07) is 0. The van der Waals surface area contributed by atoms with Gasteiger partial charge in [-0.1, -0.05) is 25.7 Å². The fourth-order valence-corrected chi connectivity index (χ4v) is 4.61. The Morgan fingerprint density at radius 3 is 2.31 bits per heavy atom. The van der Waals surface area contributed by atoms with Crippen molar-refractivity contribution < 1.29 is 13.2 Å². The molecule has 0 unspecified atom stereocenters. The van der Waals surface area contributed by atoms with Crippen molar-refractivity contribution in [2.45, 2.75) is 44.6 Å². The van der Waals surface area contributed by atoms with E-state index in [4.69, 9.17) is 4.74 Å². The van der Waals surface area contributed by atoms with E-state index in [0.29, 0.717) is 25.8 Å². The summed E-state index contributed by atoms with van der Waals surface area (Å²) in [4.78, 5) is 6.39. The molecule has 1 heterocycles. The van der Waals surface area contributed by atoms with Gasteiger partial charge in [0.05, 0.1) is 24.2 Å². The maximum atomic E-state index is 11.4. The molecule has 0 aromatic heterocycles. The fraction of sp³-hybridized carbons (Fsp3) is 0.941. The number of guanidine groups is 1.